The number of carbonyl (C=O) groups is 1. The molecule has 0 unspecified atom stereocenters. The highest BCUT2D eigenvalue weighted by Crippen LogP contribution is 2.20. The SMILES string of the molecule is O=C(/C=C/c1cc(Br)ccc1F)N(Cc1ccco1)c1ccccc1. The molecule has 3 nitrogen and oxygen atoms in total. The van der Waals surface area contributed by atoms with Gasteiger partial charge in [-0.05, 0) is 48.5 Å². The number of hydrogen-bond donors (Lipinski definition) is 0. The number of hydrogen-bond acceptors (Lipinski definition) is 2. The Morgan fingerprint density at radius 1 is 1.12 bits per heavy atom. The Balaban J connectivity index is 1.86. The summed E-state index contributed by atoms with van der Waals surface area (Å²) in [7, 11) is 0. The lowest BCUT2D eigenvalue weighted by Gasteiger charge is -2.20. The molecular formula is C20H15BrFNO2. The number of benzene rings is 2. The van der Waals surface area contributed by atoms with E-state index in [0.29, 0.717) is 17.9 Å². The van der Waals surface area contributed by atoms with E-state index in [0.717, 1.165) is 10.2 Å². The molecule has 1 aromatic heterocycles. The molecule has 0 aliphatic heterocycles. The molecule has 0 N–H and O–H groups in total. The average molecular weight is 400 g/mol. The Labute approximate surface area is 153 Å². The van der Waals surface area contributed by atoms with Crippen LogP contribution in [-0.4, -0.2) is 5.91 Å². The lowest BCUT2D eigenvalue weighted by molar-refractivity contribution is -0.114. The summed E-state index contributed by atoms with van der Waals surface area (Å²) in [5, 5.41) is 0. The normalized spacial score (nSPS) is 11.0. The van der Waals surface area contributed by atoms with E-state index >= 15 is 0 Å². The molecule has 0 atom stereocenters. The van der Waals surface area contributed by atoms with Crippen molar-refractivity contribution in [2.45, 2.75) is 6.54 Å². The van der Waals surface area contributed by atoms with Crippen LogP contribution in [0.5, 0.6) is 0 Å². The maximum atomic E-state index is 13.8. The quantitative estimate of drug-likeness (QED) is 0.536. The van der Waals surface area contributed by atoms with E-state index in [2.05, 4.69) is 15.9 Å². The molecule has 0 spiro atoms. The molecule has 0 saturated heterocycles. The molecule has 3 aromatic rings. The van der Waals surface area contributed by atoms with Crippen LogP contribution in [0.2, 0.25) is 0 Å². The number of amides is 1. The van der Waals surface area contributed by atoms with Gasteiger partial charge in [0.2, 0.25) is 0 Å². The minimum Gasteiger partial charge on any atom is -0.467 e. The molecule has 25 heavy (non-hydrogen) atoms. The minimum atomic E-state index is -0.385. The molecule has 5 heteroatoms. The van der Waals surface area contributed by atoms with Crippen molar-refractivity contribution in [1.29, 1.82) is 0 Å². The van der Waals surface area contributed by atoms with E-state index in [4.69, 9.17) is 4.42 Å². The van der Waals surface area contributed by atoms with Gasteiger partial charge in [-0.2, -0.15) is 0 Å². The fourth-order valence-electron chi connectivity index (χ4n) is 2.36. The summed E-state index contributed by atoms with van der Waals surface area (Å²) in [6, 6.07) is 17.4. The lowest BCUT2D eigenvalue weighted by Crippen LogP contribution is -2.28. The minimum absolute atomic E-state index is 0.262. The van der Waals surface area contributed by atoms with Crippen LogP contribution < -0.4 is 4.90 Å². The van der Waals surface area contributed by atoms with Crippen LogP contribution in [0.3, 0.4) is 0 Å². The van der Waals surface area contributed by atoms with Crippen LogP contribution in [0.15, 0.2) is 81.9 Å². The number of rotatable bonds is 5. The summed E-state index contributed by atoms with van der Waals surface area (Å²) in [5.74, 6) is 0.0192. The van der Waals surface area contributed by atoms with Gasteiger partial charge in [-0.1, -0.05) is 34.1 Å². The van der Waals surface area contributed by atoms with E-state index in [1.54, 1.807) is 35.4 Å². The molecule has 2 aromatic carbocycles. The van der Waals surface area contributed by atoms with Gasteiger partial charge >= 0.3 is 0 Å². The summed E-state index contributed by atoms with van der Waals surface area (Å²) >= 11 is 3.30. The van der Waals surface area contributed by atoms with Gasteiger partial charge in [0.15, 0.2) is 0 Å². The zero-order valence-corrected chi connectivity index (χ0v) is 14.8. The van der Waals surface area contributed by atoms with Crippen LogP contribution in [-0.2, 0) is 11.3 Å². The summed E-state index contributed by atoms with van der Waals surface area (Å²) in [6.45, 7) is 0.293. The summed E-state index contributed by atoms with van der Waals surface area (Å²) in [4.78, 5) is 14.3. The highest BCUT2D eigenvalue weighted by atomic mass is 79.9. The second kappa shape index (κ2) is 7.94. The van der Waals surface area contributed by atoms with Crippen molar-refractivity contribution >= 4 is 33.6 Å². The lowest BCUT2D eigenvalue weighted by atomic mass is 10.2. The first-order chi connectivity index (χ1) is 12.1. The van der Waals surface area contributed by atoms with Crippen molar-refractivity contribution in [2.75, 3.05) is 4.90 Å². The molecule has 0 bridgehead atoms. The van der Waals surface area contributed by atoms with Gasteiger partial charge in [0.1, 0.15) is 11.6 Å². The van der Waals surface area contributed by atoms with Crippen molar-refractivity contribution in [1.82, 2.24) is 0 Å². The molecule has 0 fully saturated rings. The van der Waals surface area contributed by atoms with Crippen molar-refractivity contribution in [3.05, 3.63) is 94.6 Å². The fourth-order valence-corrected chi connectivity index (χ4v) is 2.73. The molecule has 1 amide bonds. The molecule has 1 heterocycles. The Morgan fingerprint density at radius 2 is 1.92 bits per heavy atom. The zero-order valence-electron chi connectivity index (χ0n) is 13.2. The molecule has 0 saturated carbocycles. The Kier molecular flexibility index (Phi) is 5.46. The Morgan fingerprint density at radius 3 is 2.64 bits per heavy atom. The third-order valence-electron chi connectivity index (χ3n) is 3.59. The van der Waals surface area contributed by atoms with Crippen molar-refractivity contribution in [2.24, 2.45) is 0 Å². The second-order valence-electron chi connectivity index (χ2n) is 5.34. The molecule has 0 aliphatic carbocycles. The highest BCUT2D eigenvalue weighted by Gasteiger charge is 2.15. The van der Waals surface area contributed by atoms with E-state index in [9.17, 15) is 9.18 Å². The van der Waals surface area contributed by atoms with E-state index in [1.807, 2.05) is 30.3 Å². The van der Waals surface area contributed by atoms with E-state index < -0.39 is 0 Å². The number of halogens is 2. The van der Waals surface area contributed by atoms with Crippen LogP contribution >= 0.6 is 15.9 Å². The van der Waals surface area contributed by atoms with Gasteiger partial charge in [0.05, 0.1) is 12.8 Å². The monoisotopic (exact) mass is 399 g/mol. The van der Waals surface area contributed by atoms with Crippen LogP contribution in [0.1, 0.15) is 11.3 Å². The zero-order chi connectivity index (χ0) is 17.6. The van der Waals surface area contributed by atoms with Crippen LogP contribution in [0, 0.1) is 5.82 Å². The van der Waals surface area contributed by atoms with Gasteiger partial charge in [0.25, 0.3) is 5.91 Å². The smallest absolute Gasteiger partial charge is 0.251 e. The number of carbonyl (C=O) groups excluding carboxylic acids is 1. The van der Waals surface area contributed by atoms with Crippen LogP contribution in [0.4, 0.5) is 10.1 Å². The van der Waals surface area contributed by atoms with Crippen LogP contribution in [0.25, 0.3) is 6.08 Å². The molecule has 126 valence electrons. The summed E-state index contributed by atoms with van der Waals surface area (Å²) < 4.78 is 19.9. The fraction of sp³-hybridized carbons (Fsp3) is 0.0500. The van der Waals surface area contributed by atoms with Crippen molar-refractivity contribution < 1.29 is 13.6 Å². The topological polar surface area (TPSA) is 33.5 Å². The highest BCUT2D eigenvalue weighted by molar-refractivity contribution is 9.10. The van der Waals surface area contributed by atoms with Gasteiger partial charge < -0.3 is 9.32 Å². The van der Waals surface area contributed by atoms with Gasteiger partial charge in [-0.25, -0.2) is 4.39 Å². The Hall–Kier alpha value is -2.66. The second-order valence-corrected chi connectivity index (χ2v) is 6.25. The Bertz CT molecular complexity index is 876. The van der Waals surface area contributed by atoms with Gasteiger partial charge in [0, 0.05) is 21.8 Å². The first-order valence-electron chi connectivity index (χ1n) is 7.65. The number of nitrogens with zero attached hydrogens (tertiary/aromatic N) is 1. The predicted molar refractivity (Wildman–Crippen MR) is 99.5 cm³/mol. The molecule has 0 aliphatic rings. The largest absolute Gasteiger partial charge is 0.467 e. The third kappa shape index (κ3) is 4.45. The number of para-hydroxylation sites is 1. The molecule has 3 rings (SSSR count). The van der Waals surface area contributed by atoms with Gasteiger partial charge in [-0.15, -0.1) is 0 Å². The summed E-state index contributed by atoms with van der Waals surface area (Å²) in [6.07, 6.45) is 4.40. The van der Waals surface area contributed by atoms with Crippen molar-refractivity contribution in [3.63, 3.8) is 0 Å². The maximum Gasteiger partial charge on any atom is 0.251 e. The molecular weight excluding hydrogens is 385 g/mol. The van der Waals surface area contributed by atoms with E-state index in [-0.39, 0.29) is 11.7 Å². The third-order valence-corrected chi connectivity index (χ3v) is 4.08. The number of anilines is 1. The number of furan rings is 1. The maximum absolute atomic E-state index is 13.8. The first-order valence-corrected chi connectivity index (χ1v) is 8.45. The van der Waals surface area contributed by atoms with Gasteiger partial charge in [-0.3, -0.25) is 4.79 Å². The molecule has 0 radical (unpaired) electrons. The predicted octanol–water partition coefficient (Wildman–Crippen LogP) is 5.43. The summed E-state index contributed by atoms with van der Waals surface area (Å²) in [5.41, 5.74) is 1.08. The standard InChI is InChI=1S/C20H15BrFNO2/c21-16-9-10-19(22)15(13-16)8-11-20(24)23(14-18-7-4-12-25-18)17-5-2-1-3-6-17/h1-13H,14H2/b11-8+. The van der Waals surface area contributed by atoms with E-state index in [1.165, 1.54) is 18.2 Å². The van der Waals surface area contributed by atoms with Crippen molar-refractivity contribution in [3.8, 4) is 0 Å². The first kappa shape index (κ1) is 17.2. The average Bonchev–Trinajstić information content (AvgIpc) is 3.14.